The van der Waals surface area contributed by atoms with Crippen molar-refractivity contribution in [1.82, 2.24) is 9.73 Å². The van der Waals surface area contributed by atoms with Crippen molar-refractivity contribution in [3.63, 3.8) is 0 Å². The molecule has 1 heterocycles. The number of carbonyl (C=O) groups is 2. The normalized spacial score (nSPS) is 14.0. The second-order valence-electron chi connectivity index (χ2n) is 5.35. The Bertz CT molecular complexity index is 949. The number of ether oxygens (including phenoxy) is 1. The van der Waals surface area contributed by atoms with E-state index in [1.165, 1.54) is 31.4 Å². The highest BCUT2D eigenvalue weighted by atomic mass is 32.2. The van der Waals surface area contributed by atoms with E-state index in [1.54, 1.807) is 24.3 Å². The monoisotopic (exact) mass is 373 g/mol. The fourth-order valence-electron chi connectivity index (χ4n) is 2.44. The molecule has 0 aliphatic carbocycles. The summed E-state index contributed by atoms with van der Waals surface area (Å²) in [4.78, 5) is 27.4. The predicted molar refractivity (Wildman–Crippen MR) is 93.6 cm³/mol. The summed E-state index contributed by atoms with van der Waals surface area (Å²) in [5.74, 6) is -0.344. The largest absolute Gasteiger partial charge is 0.497 e. The van der Waals surface area contributed by atoms with E-state index >= 15 is 0 Å². The van der Waals surface area contributed by atoms with Crippen LogP contribution in [0.1, 0.15) is 20.7 Å². The second kappa shape index (κ2) is 6.96. The van der Waals surface area contributed by atoms with Gasteiger partial charge < -0.3 is 4.74 Å². The fraction of sp³-hybridized carbons (Fsp3) is 0.118. The van der Waals surface area contributed by atoms with E-state index in [-0.39, 0.29) is 11.4 Å². The smallest absolute Gasteiger partial charge is 0.276 e. The summed E-state index contributed by atoms with van der Waals surface area (Å²) in [6.07, 6.45) is 1.16. The van der Waals surface area contributed by atoms with Crippen LogP contribution in [0.25, 0.3) is 0 Å². The maximum atomic E-state index is 12.2. The topological polar surface area (TPSA) is 105 Å². The highest BCUT2D eigenvalue weighted by Crippen LogP contribution is 2.21. The maximum absolute atomic E-state index is 12.2. The molecular formula is C17H15N3O5S. The van der Waals surface area contributed by atoms with Gasteiger partial charge in [0, 0.05) is 6.21 Å². The van der Waals surface area contributed by atoms with Gasteiger partial charge in [0.15, 0.2) is 0 Å². The van der Waals surface area contributed by atoms with Gasteiger partial charge in [-0.3, -0.25) is 14.5 Å². The molecule has 0 spiro atoms. The molecule has 1 aliphatic rings. The Hall–Kier alpha value is -3.20. The molecule has 26 heavy (non-hydrogen) atoms. The number of hydrazone groups is 1. The van der Waals surface area contributed by atoms with Crippen molar-refractivity contribution in [2.45, 2.75) is 4.90 Å². The minimum Gasteiger partial charge on any atom is -0.497 e. The minimum absolute atomic E-state index is 0.0104. The zero-order valence-corrected chi connectivity index (χ0v) is 14.6. The number of fused-ring (bicyclic) bond motifs is 1. The van der Waals surface area contributed by atoms with Crippen LogP contribution in [0.2, 0.25) is 0 Å². The Morgan fingerprint density at radius 2 is 1.62 bits per heavy atom. The third-order valence-corrected chi connectivity index (χ3v) is 5.01. The number of nitrogens with zero attached hydrogens (tertiary/aromatic N) is 2. The fourth-order valence-corrected chi connectivity index (χ4v) is 3.25. The van der Waals surface area contributed by atoms with Gasteiger partial charge in [-0.25, -0.2) is 4.83 Å². The molecule has 1 aliphatic heterocycles. The molecule has 1 N–H and O–H groups in total. The first kappa shape index (κ1) is 17.6. The van der Waals surface area contributed by atoms with Gasteiger partial charge in [-0.1, -0.05) is 12.1 Å². The van der Waals surface area contributed by atoms with Crippen LogP contribution in [-0.4, -0.2) is 45.0 Å². The Labute approximate surface area is 150 Å². The molecule has 2 aromatic carbocycles. The maximum Gasteiger partial charge on any atom is 0.276 e. The summed E-state index contributed by atoms with van der Waals surface area (Å²) in [6.45, 7) is -0.141. The number of amides is 2. The molecule has 2 amide bonds. The van der Waals surface area contributed by atoms with Crippen LogP contribution in [0.5, 0.6) is 5.75 Å². The third-order valence-electron chi connectivity index (χ3n) is 3.78. The number of imide groups is 1. The molecule has 0 unspecified atom stereocenters. The highest BCUT2D eigenvalue weighted by molar-refractivity contribution is 7.89. The quantitative estimate of drug-likeness (QED) is 0.466. The summed E-state index contributed by atoms with van der Waals surface area (Å²) >= 11 is 0. The summed E-state index contributed by atoms with van der Waals surface area (Å²) in [6, 6.07) is 12.3. The van der Waals surface area contributed by atoms with Gasteiger partial charge in [-0.15, -0.1) is 0 Å². The van der Waals surface area contributed by atoms with Crippen LogP contribution in [0.4, 0.5) is 0 Å². The molecule has 0 saturated carbocycles. The van der Waals surface area contributed by atoms with Crippen molar-refractivity contribution >= 4 is 28.1 Å². The Morgan fingerprint density at radius 1 is 1.04 bits per heavy atom. The van der Waals surface area contributed by atoms with Crippen molar-refractivity contribution in [1.29, 1.82) is 0 Å². The minimum atomic E-state index is -3.85. The molecule has 3 rings (SSSR count). The van der Waals surface area contributed by atoms with Gasteiger partial charge in [0.25, 0.3) is 21.8 Å². The Kier molecular flexibility index (Phi) is 4.72. The van der Waals surface area contributed by atoms with Gasteiger partial charge in [0.2, 0.25) is 0 Å². The molecule has 0 aromatic heterocycles. The van der Waals surface area contributed by atoms with Gasteiger partial charge in [0.05, 0.1) is 29.7 Å². The predicted octanol–water partition coefficient (Wildman–Crippen LogP) is 1.26. The molecular weight excluding hydrogens is 358 g/mol. The van der Waals surface area contributed by atoms with Crippen LogP contribution in [0.3, 0.4) is 0 Å². The van der Waals surface area contributed by atoms with Crippen molar-refractivity contribution in [2.75, 3.05) is 13.7 Å². The lowest BCUT2D eigenvalue weighted by atomic mass is 10.1. The summed E-state index contributed by atoms with van der Waals surface area (Å²) in [7, 11) is -2.38. The molecule has 0 radical (unpaired) electrons. The van der Waals surface area contributed by atoms with E-state index in [0.29, 0.717) is 16.9 Å². The Balaban J connectivity index is 1.64. The van der Waals surface area contributed by atoms with E-state index in [1.807, 2.05) is 4.83 Å². The molecule has 2 aromatic rings. The molecule has 0 saturated heterocycles. The number of nitrogens with one attached hydrogen (secondary N) is 1. The average Bonchev–Trinajstić information content (AvgIpc) is 2.90. The SMILES string of the molecule is COc1ccc(S(=O)(=O)N/N=C\CN2C(=O)c3ccccc3C2=O)cc1. The number of methoxy groups -OCH3 is 1. The molecule has 8 nitrogen and oxygen atoms in total. The molecule has 134 valence electrons. The Morgan fingerprint density at radius 3 is 2.15 bits per heavy atom. The number of hydrogen-bond donors (Lipinski definition) is 1. The van der Waals surface area contributed by atoms with Crippen LogP contribution in [0, 0.1) is 0 Å². The van der Waals surface area contributed by atoms with E-state index in [4.69, 9.17) is 4.74 Å². The first-order chi connectivity index (χ1) is 12.4. The third kappa shape index (κ3) is 3.29. The van der Waals surface area contributed by atoms with Crippen LogP contribution < -0.4 is 9.57 Å². The molecule has 9 heteroatoms. The van der Waals surface area contributed by atoms with E-state index in [0.717, 1.165) is 11.1 Å². The lowest BCUT2D eigenvalue weighted by molar-refractivity contribution is 0.0679. The number of carbonyl (C=O) groups excluding carboxylic acids is 2. The second-order valence-corrected chi connectivity index (χ2v) is 7.01. The van der Waals surface area contributed by atoms with Crippen molar-refractivity contribution < 1.29 is 22.7 Å². The standard InChI is InChI=1S/C17H15N3O5S/c1-25-12-6-8-13(9-7-12)26(23,24)19-18-10-11-20-16(21)14-4-2-3-5-15(14)17(20)22/h2-10,19H,11H2,1H3/b18-10-. The number of benzene rings is 2. The lowest BCUT2D eigenvalue weighted by Crippen LogP contribution is -2.32. The van der Waals surface area contributed by atoms with Crippen molar-refractivity contribution in [3.05, 3.63) is 59.7 Å². The average molecular weight is 373 g/mol. The van der Waals surface area contributed by atoms with E-state index in [9.17, 15) is 18.0 Å². The highest BCUT2D eigenvalue weighted by Gasteiger charge is 2.34. The molecule has 0 bridgehead atoms. The first-order valence-corrected chi connectivity index (χ1v) is 9.05. The number of rotatable bonds is 6. The number of hydrogen-bond acceptors (Lipinski definition) is 6. The zero-order valence-electron chi connectivity index (χ0n) is 13.7. The van der Waals surface area contributed by atoms with Crippen molar-refractivity contribution in [2.24, 2.45) is 5.10 Å². The summed E-state index contributed by atoms with van der Waals surface area (Å²) in [5, 5.41) is 3.62. The molecule has 0 atom stereocenters. The molecule has 0 fully saturated rings. The van der Waals surface area contributed by atoms with Crippen molar-refractivity contribution in [3.8, 4) is 5.75 Å². The lowest BCUT2D eigenvalue weighted by Gasteiger charge is -2.10. The van der Waals surface area contributed by atoms with Gasteiger partial charge in [-0.2, -0.15) is 13.5 Å². The first-order valence-electron chi connectivity index (χ1n) is 7.56. The van der Waals surface area contributed by atoms with Gasteiger partial charge in [0.1, 0.15) is 5.75 Å². The summed E-state index contributed by atoms with van der Waals surface area (Å²) in [5.41, 5.74) is 0.648. The van der Waals surface area contributed by atoms with Crippen LogP contribution >= 0.6 is 0 Å². The summed E-state index contributed by atoms with van der Waals surface area (Å²) < 4.78 is 29.2. The van der Waals surface area contributed by atoms with E-state index < -0.39 is 21.8 Å². The van der Waals surface area contributed by atoms with Crippen LogP contribution in [-0.2, 0) is 10.0 Å². The number of sulfonamides is 1. The van der Waals surface area contributed by atoms with Gasteiger partial charge in [-0.05, 0) is 36.4 Å². The van der Waals surface area contributed by atoms with E-state index in [2.05, 4.69) is 5.10 Å². The zero-order chi connectivity index (χ0) is 18.7. The van der Waals surface area contributed by atoms with Crippen LogP contribution in [0.15, 0.2) is 58.5 Å². The van der Waals surface area contributed by atoms with Gasteiger partial charge >= 0.3 is 0 Å².